The molecule has 1 saturated carbocycles. The Bertz CT molecular complexity index is 1140. The number of fused-ring (bicyclic) bond motifs is 1. The molecule has 9 heteroatoms. The summed E-state index contributed by atoms with van der Waals surface area (Å²) in [5.74, 6) is -0.162. The van der Waals surface area contributed by atoms with Crippen molar-refractivity contribution in [3.63, 3.8) is 0 Å². The first kappa shape index (κ1) is 20.7. The minimum atomic E-state index is -4.58. The van der Waals surface area contributed by atoms with Gasteiger partial charge in [0.15, 0.2) is 0 Å². The van der Waals surface area contributed by atoms with Crippen molar-refractivity contribution >= 4 is 22.6 Å². The van der Waals surface area contributed by atoms with E-state index in [1.165, 1.54) is 12.1 Å². The van der Waals surface area contributed by atoms with Gasteiger partial charge in [-0.25, -0.2) is 4.98 Å². The number of amides is 1. The molecule has 0 spiro atoms. The number of anilines is 1. The number of carbonyl (C=O) groups is 1. The molecule has 1 aromatic carbocycles. The molecular weight excluding hydrogens is 407 g/mol. The van der Waals surface area contributed by atoms with Crippen molar-refractivity contribution in [1.82, 2.24) is 15.3 Å². The number of carbonyl (C=O) groups excluding carboxylic acids is 1. The van der Waals surface area contributed by atoms with E-state index in [0.29, 0.717) is 42.6 Å². The highest BCUT2D eigenvalue weighted by Crippen LogP contribution is 2.34. The Labute approximate surface area is 176 Å². The fraction of sp³-hybridized carbons (Fsp3) is 0.318. The maximum absolute atomic E-state index is 13.2. The number of benzene rings is 1. The predicted octanol–water partition coefficient (Wildman–Crippen LogP) is 4.61. The average Bonchev–Trinajstić information content (AvgIpc) is 3.23. The van der Waals surface area contributed by atoms with Crippen molar-refractivity contribution in [2.45, 2.75) is 43.9 Å². The first-order valence-corrected chi connectivity index (χ1v) is 9.96. The first-order valence-electron chi connectivity index (χ1n) is 9.96. The average molecular weight is 427 g/mol. The van der Waals surface area contributed by atoms with Gasteiger partial charge in [-0.05, 0) is 56.0 Å². The highest BCUT2D eigenvalue weighted by atomic mass is 19.4. The van der Waals surface area contributed by atoms with Crippen molar-refractivity contribution in [2.75, 3.05) is 5.32 Å². The predicted molar refractivity (Wildman–Crippen MR) is 109 cm³/mol. The molecule has 4 rings (SSSR count). The fourth-order valence-electron chi connectivity index (χ4n) is 4.01. The largest absolute Gasteiger partial charge is 0.417 e. The highest BCUT2D eigenvalue weighted by molar-refractivity contribution is 6.05. The molecule has 1 amide bonds. The lowest BCUT2D eigenvalue weighted by Gasteiger charge is -2.30. The zero-order valence-electron chi connectivity index (χ0n) is 16.5. The normalized spacial score (nSPS) is 19.0. The van der Waals surface area contributed by atoms with Crippen molar-refractivity contribution in [2.24, 2.45) is 0 Å². The van der Waals surface area contributed by atoms with E-state index in [1.54, 1.807) is 24.5 Å². The minimum Gasteiger partial charge on any atom is -0.382 e. The molecule has 0 saturated heterocycles. The van der Waals surface area contributed by atoms with Gasteiger partial charge in [-0.3, -0.25) is 4.79 Å². The highest BCUT2D eigenvalue weighted by Gasteiger charge is 2.34. The molecule has 3 N–H and O–H groups in total. The number of nitriles is 1. The third-order valence-electron chi connectivity index (χ3n) is 5.58. The van der Waals surface area contributed by atoms with Crippen LogP contribution in [0.25, 0.3) is 11.0 Å². The molecule has 2 heterocycles. The van der Waals surface area contributed by atoms with E-state index in [1.807, 2.05) is 6.07 Å². The van der Waals surface area contributed by atoms with Crippen molar-refractivity contribution in [3.05, 3.63) is 59.4 Å². The van der Waals surface area contributed by atoms with Gasteiger partial charge in [-0.15, -0.1) is 0 Å². The Hall–Kier alpha value is -3.54. The quantitative estimate of drug-likeness (QED) is 0.567. The monoisotopic (exact) mass is 427 g/mol. The molecule has 0 atom stereocenters. The number of H-pyrrole nitrogens is 1. The van der Waals surface area contributed by atoms with E-state index < -0.39 is 17.3 Å². The molecule has 3 aromatic rings. The van der Waals surface area contributed by atoms with E-state index in [2.05, 4.69) is 20.6 Å². The van der Waals surface area contributed by atoms with Crippen LogP contribution >= 0.6 is 0 Å². The molecule has 0 bridgehead atoms. The van der Waals surface area contributed by atoms with Crippen LogP contribution in [0.2, 0.25) is 0 Å². The standard InChI is InChI=1S/C22H20F3N5O/c23-22(24,25)19-11-16(2-1-13(19)12-26)29-14-3-5-15(6-4-14)30-21(31)18-8-10-28-20-17(18)7-9-27-20/h1-2,7-11,14-15,29H,3-6H2,(H,27,28)(H,30,31)/t14-,15+. The molecular formula is C22H20F3N5O. The number of nitrogens with zero attached hydrogens (tertiary/aromatic N) is 2. The third-order valence-corrected chi connectivity index (χ3v) is 5.58. The summed E-state index contributed by atoms with van der Waals surface area (Å²) in [5.41, 5.74) is 0.224. The third kappa shape index (κ3) is 4.48. The number of hydrogen-bond acceptors (Lipinski definition) is 4. The van der Waals surface area contributed by atoms with Gasteiger partial charge in [0, 0.05) is 35.6 Å². The van der Waals surface area contributed by atoms with Crippen LogP contribution in [0.3, 0.4) is 0 Å². The number of pyridine rings is 1. The smallest absolute Gasteiger partial charge is 0.382 e. The SMILES string of the molecule is N#Cc1ccc(N[C@H]2CC[C@@H](NC(=O)c3ccnc4[nH]ccc34)CC2)cc1C(F)(F)F. The number of aromatic amines is 1. The van der Waals surface area contributed by atoms with Gasteiger partial charge in [0.2, 0.25) is 0 Å². The Balaban J connectivity index is 1.36. The molecule has 160 valence electrons. The van der Waals surface area contributed by atoms with Crippen LogP contribution in [0, 0.1) is 11.3 Å². The van der Waals surface area contributed by atoms with E-state index >= 15 is 0 Å². The number of aromatic nitrogens is 2. The summed E-state index contributed by atoms with van der Waals surface area (Å²) < 4.78 is 39.5. The summed E-state index contributed by atoms with van der Waals surface area (Å²) in [6, 6.07) is 8.74. The summed E-state index contributed by atoms with van der Waals surface area (Å²) >= 11 is 0. The second kappa shape index (κ2) is 8.30. The maximum Gasteiger partial charge on any atom is 0.417 e. The molecule has 0 aliphatic heterocycles. The summed E-state index contributed by atoms with van der Waals surface area (Å²) in [6.07, 6.45) is 1.59. The second-order valence-electron chi connectivity index (χ2n) is 7.63. The van der Waals surface area contributed by atoms with E-state index in [0.717, 1.165) is 11.5 Å². The van der Waals surface area contributed by atoms with Gasteiger partial charge >= 0.3 is 6.18 Å². The van der Waals surface area contributed by atoms with Gasteiger partial charge in [-0.2, -0.15) is 18.4 Å². The topological polar surface area (TPSA) is 93.6 Å². The van der Waals surface area contributed by atoms with E-state index in [9.17, 15) is 18.0 Å². The molecule has 6 nitrogen and oxygen atoms in total. The van der Waals surface area contributed by atoms with Crippen LogP contribution in [0.5, 0.6) is 0 Å². The lowest BCUT2D eigenvalue weighted by molar-refractivity contribution is -0.137. The maximum atomic E-state index is 13.2. The molecule has 1 aliphatic carbocycles. The Morgan fingerprint density at radius 2 is 1.87 bits per heavy atom. The molecule has 0 unspecified atom stereocenters. The van der Waals surface area contributed by atoms with Crippen LogP contribution in [0.15, 0.2) is 42.7 Å². The minimum absolute atomic E-state index is 0.000484. The van der Waals surface area contributed by atoms with Gasteiger partial charge in [-0.1, -0.05) is 0 Å². The number of hydrogen-bond donors (Lipinski definition) is 3. The summed E-state index contributed by atoms with van der Waals surface area (Å²) in [4.78, 5) is 19.8. The summed E-state index contributed by atoms with van der Waals surface area (Å²) in [5, 5.41) is 15.9. The lowest BCUT2D eigenvalue weighted by Crippen LogP contribution is -2.40. The molecule has 2 aromatic heterocycles. The Morgan fingerprint density at radius 3 is 2.58 bits per heavy atom. The van der Waals surface area contributed by atoms with Crippen molar-refractivity contribution < 1.29 is 18.0 Å². The Morgan fingerprint density at radius 1 is 1.13 bits per heavy atom. The molecule has 1 fully saturated rings. The fourth-order valence-corrected chi connectivity index (χ4v) is 4.01. The van der Waals surface area contributed by atoms with E-state index in [4.69, 9.17) is 5.26 Å². The number of nitrogens with one attached hydrogen (secondary N) is 3. The molecule has 1 aliphatic rings. The Kier molecular flexibility index (Phi) is 5.55. The number of alkyl halides is 3. The van der Waals surface area contributed by atoms with Crippen LogP contribution < -0.4 is 10.6 Å². The van der Waals surface area contributed by atoms with Gasteiger partial charge in [0.25, 0.3) is 5.91 Å². The molecule has 31 heavy (non-hydrogen) atoms. The van der Waals surface area contributed by atoms with Gasteiger partial charge in [0.1, 0.15) is 5.65 Å². The van der Waals surface area contributed by atoms with Crippen molar-refractivity contribution in [3.8, 4) is 6.07 Å². The van der Waals surface area contributed by atoms with Crippen LogP contribution in [0.1, 0.15) is 47.2 Å². The zero-order valence-corrected chi connectivity index (χ0v) is 16.5. The zero-order chi connectivity index (χ0) is 22.0. The van der Waals surface area contributed by atoms with Crippen LogP contribution in [-0.2, 0) is 6.18 Å². The second-order valence-corrected chi connectivity index (χ2v) is 7.63. The lowest BCUT2D eigenvalue weighted by atomic mass is 9.90. The number of halogens is 3. The summed E-state index contributed by atoms with van der Waals surface area (Å²) in [7, 11) is 0. The number of rotatable bonds is 4. The van der Waals surface area contributed by atoms with Crippen LogP contribution in [-0.4, -0.2) is 28.0 Å². The first-order chi connectivity index (χ1) is 14.8. The van der Waals surface area contributed by atoms with Gasteiger partial charge in [0.05, 0.1) is 22.8 Å². The molecule has 0 radical (unpaired) electrons. The van der Waals surface area contributed by atoms with Crippen molar-refractivity contribution in [1.29, 1.82) is 5.26 Å². The summed E-state index contributed by atoms with van der Waals surface area (Å²) in [6.45, 7) is 0. The van der Waals surface area contributed by atoms with Gasteiger partial charge < -0.3 is 15.6 Å². The van der Waals surface area contributed by atoms with Crippen LogP contribution in [0.4, 0.5) is 18.9 Å². The van der Waals surface area contributed by atoms with E-state index in [-0.39, 0.29) is 18.0 Å².